The van der Waals surface area contributed by atoms with E-state index in [1.165, 1.54) is 48.5 Å². The van der Waals surface area contributed by atoms with Crippen molar-refractivity contribution in [1.29, 1.82) is 0 Å². The maximum Gasteiger partial charge on any atom is 0.584 e. The number of rotatable bonds is 4. The van der Waals surface area contributed by atoms with Gasteiger partial charge in [0.15, 0.2) is 0 Å². The Balaban J connectivity index is 1.69. The van der Waals surface area contributed by atoms with E-state index in [-0.39, 0.29) is 22.9 Å². The lowest BCUT2D eigenvalue weighted by molar-refractivity contribution is -0.385. The molecule has 5 rings (SSSR count). The van der Waals surface area contributed by atoms with E-state index in [1.807, 2.05) is 0 Å². The summed E-state index contributed by atoms with van der Waals surface area (Å²) in [5, 5.41) is 22.0. The molecule has 0 aliphatic carbocycles. The van der Waals surface area contributed by atoms with Crippen molar-refractivity contribution in [2.75, 3.05) is 0 Å². The van der Waals surface area contributed by atoms with Crippen molar-refractivity contribution >= 4 is 19.2 Å². The zero-order valence-corrected chi connectivity index (χ0v) is 18.6. The van der Waals surface area contributed by atoms with E-state index in [1.54, 1.807) is 36.4 Å². The van der Waals surface area contributed by atoms with Gasteiger partial charge in [0.25, 0.3) is 11.4 Å². The summed E-state index contributed by atoms with van der Waals surface area (Å²) in [7, 11) is -4.66. The Morgan fingerprint density at radius 3 is 1.29 bits per heavy atom. The molecule has 0 fully saturated rings. The highest BCUT2D eigenvalue weighted by Gasteiger charge is 2.35. The fourth-order valence-electron chi connectivity index (χ4n) is 3.92. The Morgan fingerprint density at radius 2 is 0.943 bits per heavy atom. The number of nitrogens with zero attached hydrogens (tertiary/aromatic N) is 2. The molecule has 0 spiro atoms. The molecule has 10 nitrogen and oxygen atoms in total. The van der Waals surface area contributed by atoms with Gasteiger partial charge in [0.2, 0.25) is 0 Å². The Kier molecular flexibility index (Phi) is 5.32. The average molecular weight is 490 g/mol. The van der Waals surface area contributed by atoms with Crippen LogP contribution in [0, 0.1) is 20.2 Å². The Morgan fingerprint density at radius 1 is 0.600 bits per heavy atom. The van der Waals surface area contributed by atoms with Gasteiger partial charge in [0, 0.05) is 46.5 Å². The fourth-order valence-corrected chi connectivity index (χ4v) is 4.82. The van der Waals surface area contributed by atoms with Crippen LogP contribution in [-0.2, 0) is 4.57 Å². The summed E-state index contributed by atoms with van der Waals surface area (Å²) >= 11 is 0. The first kappa shape index (κ1) is 22.3. The van der Waals surface area contributed by atoms with Crippen LogP contribution in [0.2, 0.25) is 0 Å². The predicted molar refractivity (Wildman–Crippen MR) is 127 cm³/mol. The molecule has 0 atom stereocenters. The lowest BCUT2D eigenvalue weighted by atomic mass is 9.94. The van der Waals surface area contributed by atoms with Crippen LogP contribution >= 0.6 is 7.82 Å². The molecular formula is C24H15N2O8P. The number of fused-ring (bicyclic) bond motifs is 3. The van der Waals surface area contributed by atoms with Crippen LogP contribution in [0.1, 0.15) is 0 Å². The van der Waals surface area contributed by atoms with Gasteiger partial charge < -0.3 is 9.05 Å². The summed E-state index contributed by atoms with van der Waals surface area (Å²) < 4.78 is 24.0. The average Bonchev–Trinajstić information content (AvgIpc) is 2.96. The number of non-ortho nitro benzene ring substituents is 2. The Bertz CT molecular complexity index is 1420. The topological polar surface area (TPSA) is 142 Å². The van der Waals surface area contributed by atoms with Gasteiger partial charge in [-0.05, 0) is 35.4 Å². The standard InChI is InChI=1S/C24H15N2O8P/c27-25(28)17-11-7-15(8-12-17)19-3-1-5-21-22-6-2-4-20(16-9-13-18(14-10-16)26(29)30)24(22)34-35(31,32)33-23(19)21/h1-14H,(H,31,32). The Hall–Kier alpha value is -4.53. The van der Waals surface area contributed by atoms with E-state index in [0.717, 1.165) is 0 Å². The first-order chi connectivity index (χ1) is 16.7. The first-order valence-electron chi connectivity index (χ1n) is 10.2. The summed E-state index contributed by atoms with van der Waals surface area (Å²) in [6.07, 6.45) is 0. The summed E-state index contributed by atoms with van der Waals surface area (Å²) in [5.41, 5.74) is 2.76. The molecule has 1 heterocycles. The van der Waals surface area contributed by atoms with Crippen molar-refractivity contribution in [1.82, 2.24) is 0 Å². The van der Waals surface area contributed by atoms with E-state index in [2.05, 4.69) is 0 Å². The molecule has 0 unspecified atom stereocenters. The maximum absolute atomic E-state index is 13.0. The van der Waals surface area contributed by atoms with Crippen molar-refractivity contribution in [2.24, 2.45) is 0 Å². The van der Waals surface area contributed by atoms with E-state index >= 15 is 0 Å². The third-order valence-corrected chi connectivity index (χ3v) is 6.34. The van der Waals surface area contributed by atoms with Gasteiger partial charge in [-0.2, -0.15) is 0 Å². The van der Waals surface area contributed by atoms with E-state index < -0.39 is 17.7 Å². The number of nitro benzene ring substituents is 2. The summed E-state index contributed by atoms with van der Waals surface area (Å²) in [4.78, 5) is 31.5. The minimum Gasteiger partial charge on any atom is -0.394 e. The van der Waals surface area contributed by atoms with E-state index in [9.17, 15) is 29.7 Å². The van der Waals surface area contributed by atoms with Crippen molar-refractivity contribution in [3.8, 4) is 44.9 Å². The minimum atomic E-state index is -4.66. The number of phosphoric acid groups is 1. The molecule has 35 heavy (non-hydrogen) atoms. The van der Waals surface area contributed by atoms with Gasteiger partial charge in [0.05, 0.1) is 9.85 Å². The molecule has 0 saturated heterocycles. The van der Waals surface area contributed by atoms with Gasteiger partial charge in [-0.25, -0.2) is 4.57 Å². The molecule has 0 amide bonds. The third-order valence-electron chi connectivity index (χ3n) is 5.51. The molecular weight excluding hydrogens is 475 g/mol. The quantitative estimate of drug-likeness (QED) is 0.197. The normalized spacial score (nSPS) is 13.4. The maximum atomic E-state index is 13.0. The third kappa shape index (κ3) is 4.12. The molecule has 1 aliphatic heterocycles. The van der Waals surface area contributed by atoms with Crippen LogP contribution in [0.25, 0.3) is 33.4 Å². The highest BCUT2D eigenvalue weighted by molar-refractivity contribution is 7.48. The number of para-hydroxylation sites is 2. The second-order valence-corrected chi connectivity index (χ2v) is 8.93. The summed E-state index contributed by atoms with van der Waals surface area (Å²) in [6.45, 7) is 0. The summed E-state index contributed by atoms with van der Waals surface area (Å²) in [5.74, 6) is 0.179. The van der Waals surface area contributed by atoms with E-state index in [0.29, 0.717) is 33.4 Å². The fraction of sp³-hybridized carbons (Fsp3) is 0. The summed E-state index contributed by atoms with van der Waals surface area (Å²) in [6, 6.07) is 21.7. The highest BCUT2D eigenvalue weighted by Crippen LogP contribution is 2.58. The molecule has 0 radical (unpaired) electrons. The van der Waals surface area contributed by atoms with Gasteiger partial charge in [-0.15, -0.1) is 0 Å². The molecule has 0 saturated carbocycles. The number of phosphoric ester groups is 1. The van der Waals surface area contributed by atoms with Crippen LogP contribution in [0.5, 0.6) is 11.5 Å². The van der Waals surface area contributed by atoms with E-state index in [4.69, 9.17) is 9.05 Å². The van der Waals surface area contributed by atoms with Crippen LogP contribution in [0.15, 0.2) is 84.9 Å². The van der Waals surface area contributed by atoms with Crippen molar-refractivity contribution < 1.29 is 28.4 Å². The van der Waals surface area contributed by atoms with Crippen LogP contribution in [0.4, 0.5) is 11.4 Å². The van der Waals surface area contributed by atoms with Crippen molar-refractivity contribution in [3.63, 3.8) is 0 Å². The first-order valence-corrected chi connectivity index (χ1v) is 11.7. The molecule has 11 heteroatoms. The zero-order valence-electron chi connectivity index (χ0n) is 17.7. The highest BCUT2D eigenvalue weighted by atomic mass is 31.2. The SMILES string of the molecule is O=[N+]([O-])c1ccc(-c2cccc3c2OP(=O)(O)Oc2c(-c4ccc([N+](=O)[O-])cc4)cccc2-3)cc1. The molecule has 1 aliphatic rings. The van der Waals surface area contributed by atoms with Gasteiger partial charge in [-0.1, -0.05) is 36.4 Å². The zero-order chi connectivity index (χ0) is 24.7. The molecule has 0 bridgehead atoms. The second-order valence-electron chi connectivity index (χ2n) is 7.62. The second kappa shape index (κ2) is 8.35. The van der Waals surface area contributed by atoms with Crippen molar-refractivity contribution in [2.45, 2.75) is 0 Å². The molecule has 1 N–H and O–H groups in total. The molecule has 4 aromatic carbocycles. The Labute approximate surface area is 197 Å². The molecule has 4 aromatic rings. The number of hydrogen-bond acceptors (Lipinski definition) is 7. The van der Waals surface area contributed by atoms with Gasteiger partial charge >= 0.3 is 7.82 Å². The number of hydrogen-bond donors (Lipinski definition) is 1. The lowest BCUT2D eigenvalue weighted by Crippen LogP contribution is -1.99. The molecule has 174 valence electrons. The minimum absolute atomic E-state index is 0.0896. The molecule has 0 aromatic heterocycles. The predicted octanol–water partition coefficient (Wildman–Crippen LogP) is 6.38. The van der Waals surface area contributed by atoms with Crippen LogP contribution < -0.4 is 9.05 Å². The largest absolute Gasteiger partial charge is 0.584 e. The lowest BCUT2D eigenvalue weighted by Gasteiger charge is -2.15. The number of nitro groups is 2. The van der Waals surface area contributed by atoms with Gasteiger partial charge in [-0.3, -0.25) is 25.1 Å². The number of benzene rings is 4. The monoisotopic (exact) mass is 490 g/mol. The van der Waals surface area contributed by atoms with Crippen molar-refractivity contribution in [3.05, 3.63) is 105 Å². The van der Waals surface area contributed by atoms with Gasteiger partial charge in [0.1, 0.15) is 11.5 Å². The van der Waals surface area contributed by atoms with Crippen LogP contribution in [-0.4, -0.2) is 14.7 Å². The van der Waals surface area contributed by atoms with Crippen LogP contribution in [0.3, 0.4) is 0 Å². The smallest absolute Gasteiger partial charge is 0.394 e.